The summed E-state index contributed by atoms with van der Waals surface area (Å²) in [7, 11) is 3.40. The Morgan fingerprint density at radius 1 is 1.25 bits per heavy atom. The molecule has 0 fully saturated rings. The van der Waals surface area contributed by atoms with Crippen molar-refractivity contribution in [1.29, 1.82) is 0 Å². The molecule has 0 aliphatic carbocycles. The summed E-state index contributed by atoms with van der Waals surface area (Å²) in [5, 5.41) is 3.15. The first-order chi connectivity index (χ1) is 5.85. The van der Waals surface area contributed by atoms with Crippen LogP contribution < -0.4 is 5.32 Å². The zero-order chi connectivity index (χ0) is 9.23. The van der Waals surface area contributed by atoms with Crippen LogP contribution in [0.15, 0.2) is 0 Å². The van der Waals surface area contributed by atoms with Crippen molar-refractivity contribution in [1.82, 2.24) is 5.32 Å². The lowest BCUT2D eigenvalue weighted by Crippen LogP contribution is -2.35. The summed E-state index contributed by atoms with van der Waals surface area (Å²) in [6, 6.07) is 0.998. The molecule has 3 radical (unpaired) electrons. The SMILES string of the molecule is CCOC(NCCC[Si])OCC. The van der Waals surface area contributed by atoms with Crippen molar-refractivity contribution >= 4 is 10.2 Å². The lowest BCUT2D eigenvalue weighted by molar-refractivity contribution is -0.154. The maximum atomic E-state index is 5.28. The topological polar surface area (TPSA) is 30.5 Å². The summed E-state index contributed by atoms with van der Waals surface area (Å²) in [4.78, 5) is 0. The summed E-state index contributed by atoms with van der Waals surface area (Å²) >= 11 is 0. The molecule has 1 N–H and O–H groups in total. The van der Waals surface area contributed by atoms with Gasteiger partial charge in [-0.15, -0.1) is 0 Å². The lowest BCUT2D eigenvalue weighted by atomic mass is 10.5. The minimum absolute atomic E-state index is 0.238. The number of rotatable bonds is 8. The van der Waals surface area contributed by atoms with E-state index in [2.05, 4.69) is 15.6 Å². The van der Waals surface area contributed by atoms with Gasteiger partial charge in [-0.25, -0.2) is 0 Å². The van der Waals surface area contributed by atoms with Gasteiger partial charge in [0, 0.05) is 23.5 Å². The van der Waals surface area contributed by atoms with E-state index < -0.39 is 0 Å². The molecule has 71 valence electrons. The fraction of sp³-hybridized carbons (Fsp3) is 1.00. The van der Waals surface area contributed by atoms with E-state index in [-0.39, 0.29) is 6.41 Å². The smallest absolute Gasteiger partial charge is 0.216 e. The third-order valence-corrected chi connectivity index (χ3v) is 1.65. The van der Waals surface area contributed by atoms with Crippen molar-refractivity contribution in [2.45, 2.75) is 32.7 Å². The Balaban J connectivity index is 3.34. The van der Waals surface area contributed by atoms with Crippen molar-refractivity contribution in [3.63, 3.8) is 0 Å². The van der Waals surface area contributed by atoms with Gasteiger partial charge < -0.3 is 9.47 Å². The molecule has 0 atom stereocenters. The van der Waals surface area contributed by atoms with Crippen molar-refractivity contribution in [3.8, 4) is 0 Å². The van der Waals surface area contributed by atoms with Crippen LogP contribution >= 0.6 is 0 Å². The highest BCUT2D eigenvalue weighted by Gasteiger charge is 2.04. The van der Waals surface area contributed by atoms with Gasteiger partial charge in [-0.2, -0.15) is 0 Å². The van der Waals surface area contributed by atoms with E-state index in [4.69, 9.17) is 9.47 Å². The van der Waals surface area contributed by atoms with E-state index in [0.29, 0.717) is 13.2 Å². The van der Waals surface area contributed by atoms with E-state index in [1.807, 2.05) is 13.8 Å². The highest BCUT2D eigenvalue weighted by molar-refractivity contribution is 6.08. The summed E-state index contributed by atoms with van der Waals surface area (Å²) in [5.41, 5.74) is 0. The summed E-state index contributed by atoms with van der Waals surface area (Å²) < 4.78 is 10.6. The number of nitrogens with one attached hydrogen (secondary N) is 1. The molecule has 0 bridgehead atoms. The molecular formula is C8H18NO2Si. The maximum Gasteiger partial charge on any atom is 0.216 e. The molecule has 0 heterocycles. The third kappa shape index (κ3) is 6.79. The highest BCUT2D eigenvalue weighted by atomic mass is 28.1. The second-order valence-corrected chi connectivity index (χ2v) is 2.80. The third-order valence-electron chi connectivity index (χ3n) is 1.30. The monoisotopic (exact) mass is 188 g/mol. The minimum atomic E-state index is -0.238. The summed E-state index contributed by atoms with van der Waals surface area (Å²) in [5.74, 6) is 0. The summed E-state index contributed by atoms with van der Waals surface area (Å²) in [6.07, 6.45) is 0.839. The first-order valence-electron chi connectivity index (χ1n) is 4.46. The predicted octanol–water partition coefficient (Wildman–Crippen LogP) is 0.909. The molecule has 0 aliphatic rings. The van der Waals surface area contributed by atoms with Crippen LogP contribution in [0.5, 0.6) is 0 Å². The van der Waals surface area contributed by atoms with Crippen molar-refractivity contribution < 1.29 is 9.47 Å². The molecular weight excluding hydrogens is 170 g/mol. The van der Waals surface area contributed by atoms with Crippen LogP contribution in [-0.2, 0) is 9.47 Å². The normalized spacial score (nSPS) is 11.0. The lowest BCUT2D eigenvalue weighted by Gasteiger charge is -2.17. The molecule has 0 rings (SSSR count). The van der Waals surface area contributed by atoms with Gasteiger partial charge in [0.2, 0.25) is 6.41 Å². The van der Waals surface area contributed by atoms with E-state index in [9.17, 15) is 0 Å². The Labute approximate surface area is 78.2 Å². The zero-order valence-electron chi connectivity index (χ0n) is 7.93. The van der Waals surface area contributed by atoms with Crippen molar-refractivity contribution in [3.05, 3.63) is 0 Å². The Morgan fingerprint density at radius 3 is 2.25 bits per heavy atom. The average Bonchev–Trinajstić information content (AvgIpc) is 2.06. The minimum Gasteiger partial charge on any atom is -0.340 e. The second kappa shape index (κ2) is 9.19. The zero-order valence-corrected chi connectivity index (χ0v) is 8.93. The van der Waals surface area contributed by atoms with Crippen LogP contribution in [0, 0.1) is 0 Å². The molecule has 0 aromatic carbocycles. The van der Waals surface area contributed by atoms with Gasteiger partial charge in [0.1, 0.15) is 0 Å². The van der Waals surface area contributed by atoms with Gasteiger partial charge in [-0.3, -0.25) is 5.32 Å². The standard InChI is InChI=1S/C8H18NO2Si/c1-3-10-8(11-4-2)9-6-5-7-12/h8-9H,3-7H2,1-2H3. The van der Waals surface area contributed by atoms with Crippen molar-refractivity contribution in [2.24, 2.45) is 0 Å². The molecule has 0 unspecified atom stereocenters. The van der Waals surface area contributed by atoms with Gasteiger partial charge in [0.15, 0.2) is 0 Å². The van der Waals surface area contributed by atoms with Gasteiger partial charge in [0.05, 0.1) is 0 Å². The first-order valence-corrected chi connectivity index (χ1v) is 5.17. The molecule has 0 aromatic heterocycles. The molecule has 0 aromatic rings. The van der Waals surface area contributed by atoms with E-state index >= 15 is 0 Å². The highest BCUT2D eigenvalue weighted by Crippen LogP contribution is 1.91. The quantitative estimate of drug-likeness (QED) is 0.349. The first kappa shape index (κ1) is 12.1. The van der Waals surface area contributed by atoms with Crippen LogP contribution in [0.3, 0.4) is 0 Å². The number of hydrogen-bond donors (Lipinski definition) is 1. The predicted molar refractivity (Wildman–Crippen MR) is 50.2 cm³/mol. The van der Waals surface area contributed by atoms with E-state index in [1.54, 1.807) is 0 Å². The molecule has 4 heteroatoms. The molecule has 3 nitrogen and oxygen atoms in total. The Hall–Kier alpha value is 0.0969. The molecule has 0 saturated heterocycles. The van der Waals surface area contributed by atoms with Gasteiger partial charge in [0.25, 0.3) is 0 Å². The number of ether oxygens (including phenoxy) is 2. The Morgan fingerprint density at radius 2 is 1.83 bits per heavy atom. The van der Waals surface area contributed by atoms with Crippen LogP contribution in [0.2, 0.25) is 6.04 Å². The largest absolute Gasteiger partial charge is 0.340 e. The van der Waals surface area contributed by atoms with Crippen LogP contribution in [0.1, 0.15) is 20.3 Å². The Bertz CT molecular complexity index is 87.1. The van der Waals surface area contributed by atoms with Crippen LogP contribution in [-0.4, -0.2) is 36.4 Å². The average molecular weight is 188 g/mol. The second-order valence-electron chi connectivity index (χ2n) is 2.30. The van der Waals surface area contributed by atoms with E-state index in [0.717, 1.165) is 19.0 Å². The molecule has 0 saturated carbocycles. The van der Waals surface area contributed by atoms with Gasteiger partial charge in [-0.1, -0.05) is 6.04 Å². The van der Waals surface area contributed by atoms with Crippen LogP contribution in [0.25, 0.3) is 0 Å². The van der Waals surface area contributed by atoms with Crippen molar-refractivity contribution in [2.75, 3.05) is 19.8 Å². The molecule has 0 spiro atoms. The fourth-order valence-electron chi connectivity index (χ4n) is 0.777. The molecule has 12 heavy (non-hydrogen) atoms. The number of hydrogen-bond acceptors (Lipinski definition) is 3. The van der Waals surface area contributed by atoms with E-state index in [1.165, 1.54) is 0 Å². The molecule has 0 aliphatic heterocycles. The van der Waals surface area contributed by atoms with Gasteiger partial charge in [-0.05, 0) is 26.8 Å². The summed E-state index contributed by atoms with van der Waals surface area (Å²) in [6.45, 7) is 6.17. The Kier molecular flexibility index (Phi) is 9.26. The molecule has 0 amide bonds. The fourth-order valence-corrected chi connectivity index (χ4v) is 0.954. The van der Waals surface area contributed by atoms with Gasteiger partial charge >= 0.3 is 0 Å². The van der Waals surface area contributed by atoms with Crippen LogP contribution in [0.4, 0.5) is 0 Å². The maximum absolute atomic E-state index is 5.28.